The third-order valence-electron chi connectivity index (χ3n) is 4.95. The van der Waals surface area contributed by atoms with Crippen molar-refractivity contribution in [2.75, 3.05) is 32.1 Å². The highest BCUT2D eigenvalue weighted by Crippen LogP contribution is 2.27. The number of rotatable bonds is 6. The first kappa shape index (κ1) is 19.2. The zero-order valence-corrected chi connectivity index (χ0v) is 15.6. The van der Waals surface area contributed by atoms with Crippen LogP contribution in [-0.4, -0.2) is 48.6 Å². The molecule has 2 rings (SSSR count). The van der Waals surface area contributed by atoms with E-state index in [2.05, 4.69) is 16.4 Å². The molecule has 1 aromatic heterocycles. The molecule has 1 saturated heterocycles. The Morgan fingerprint density at radius 3 is 2.76 bits per heavy atom. The molecule has 1 amide bonds. The third kappa shape index (κ3) is 4.93. The van der Waals surface area contributed by atoms with Crippen molar-refractivity contribution in [2.24, 2.45) is 11.8 Å². The van der Waals surface area contributed by atoms with Gasteiger partial charge in [0.2, 0.25) is 5.91 Å². The Hall–Kier alpha value is -2.13. The number of nitrogens with one attached hydrogen (secondary N) is 1. The number of carbonyl (C=O) groups is 1. The fourth-order valence-electron chi connectivity index (χ4n) is 3.10. The first-order chi connectivity index (χ1) is 11.9. The number of ether oxygens (including phenoxy) is 1. The van der Waals surface area contributed by atoms with E-state index in [0.717, 1.165) is 24.2 Å². The predicted octanol–water partition coefficient (Wildman–Crippen LogP) is 2.58. The summed E-state index contributed by atoms with van der Waals surface area (Å²) < 4.78 is 5.46. The van der Waals surface area contributed by atoms with Gasteiger partial charge in [-0.05, 0) is 45.6 Å². The summed E-state index contributed by atoms with van der Waals surface area (Å²) in [5, 5.41) is 12.6. The standard InChI is InChI=1S/C19H28N4O2/c1-13(2)23(4)19(24)17(15-5-7-25-8-6-15)12-22-18-9-14(3)21-11-16(18)10-20/h9,11,13,15,17H,5-8,12H2,1-4H3,(H,21,22). The summed E-state index contributed by atoms with van der Waals surface area (Å²) in [5.41, 5.74) is 2.09. The quantitative estimate of drug-likeness (QED) is 0.858. The molecule has 0 aromatic carbocycles. The predicted molar refractivity (Wildman–Crippen MR) is 97.1 cm³/mol. The lowest BCUT2D eigenvalue weighted by Gasteiger charge is -2.34. The molecule has 6 heteroatoms. The number of nitriles is 1. The van der Waals surface area contributed by atoms with Gasteiger partial charge in [-0.15, -0.1) is 0 Å². The molecule has 0 spiro atoms. The van der Waals surface area contributed by atoms with Crippen LogP contribution in [0.25, 0.3) is 0 Å². The van der Waals surface area contributed by atoms with E-state index >= 15 is 0 Å². The lowest BCUT2D eigenvalue weighted by atomic mass is 9.84. The van der Waals surface area contributed by atoms with Crippen LogP contribution in [0.4, 0.5) is 5.69 Å². The number of pyridine rings is 1. The number of hydrogen-bond acceptors (Lipinski definition) is 5. The van der Waals surface area contributed by atoms with E-state index in [0.29, 0.717) is 31.2 Å². The van der Waals surface area contributed by atoms with Crippen LogP contribution in [0.5, 0.6) is 0 Å². The summed E-state index contributed by atoms with van der Waals surface area (Å²) in [6.07, 6.45) is 3.36. The number of carbonyl (C=O) groups excluding carboxylic acids is 1. The van der Waals surface area contributed by atoms with Crippen molar-refractivity contribution in [1.29, 1.82) is 5.26 Å². The van der Waals surface area contributed by atoms with E-state index in [1.165, 1.54) is 0 Å². The highest BCUT2D eigenvalue weighted by molar-refractivity contribution is 5.80. The maximum atomic E-state index is 13.0. The number of nitrogens with zero attached hydrogens (tertiary/aromatic N) is 3. The van der Waals surface area contributed by atoms with E-state index in [1.807, 2.05) is 38.8 Å². The minimum Gasteiger partial charge on any atom is -0.383 e. The Labute approximate surface area is 150 Å². The SMILES string of the molecule is Cc1cc(NCC(C(=O)N(C)C(C)C)C2CCOCC2)c(C#N)cn1. The van der Waals surface area contributed by atoms with Gasteiger partial charge in [0, 0.05) is 44.7 Å². The molecule has 1 unspecified atom stereocenters. The van der Waals surface area contributed by atoms with Crippen molar-refractivity contribution < 1.29 is 9.53 Å². The monoisotopic (exact) mass is 344 g/mol. The van der Waals surface area contributed by atoms with Crippen molar-refractivity contribution in [2.45, 2.75) is 39.7 Å². The second-order valence-corrected chi connectivity index (χ2v) is 6.96. The lowest BCUT2D eigenvalue weighted by molar-refractivity contribution is -0.138. The zero-order valence-electron chi connectivity index (χ0n) is 15.6. The molecule has 1 aromatic rings. The van der Waals surface area contributed by atoms with Gasteiger partial charge in [0.15, 0.2) is 0 Å². The smallest absolute Gasteiger partial charge is 0.227 e. The highest BCUT2D eigenvalue weighted by atomic mass is 16.5. The van der Waals surface area contributed by atoms with E-state index in [4.69, 9.17) is 4.74 Å². The third-order valence-corrected chi connectivity index (χ3v) is 4.95. The minimum atomic E-state index is -0.128. The van der Waals surface area contributed by atoms with Crippen LogP contribution in [0.1, 0.15) is 37.9 Å². The summed E-state index contributed by atoms with van der Waals surface area (Å²) in [4.78, 5) is 19.0. The average molecular weight is 344 g/mol. The van der Waals surface area contributed by atoms with Gasteiger partial charge < -0.3 is 15.0 Å². The normalized spacial score (nSPS) is 16.3. The maximum absolute atomic E-state index is 13.0. The van der Waals surface area contributed by atoms with Crippen molar-refractivity contribution in [3.05, 3.63) is 23.5 Å². The molecule has 1 atom stereocenters. The summed E-state index contributed by atoms with van der Waals surface area (Å²) in [6, 6.07) is 4.17. The molecule has 136 valence electrons. The number of hydrogen-bond donors (Lipinski definition) is 1. The number of aromatic nitrogens is 1. The van der Waals surface area contributed by atoms with Gasteiger partial charge in [-0.1, -0.05) is 0 Å². The van der Waals surface area contributed by atoms with E-state index in [-0.39, 0.29) is 17.9 Å². The second-order valence-electron chi connectivity index (χ2n) is 6.96. The first-order valence-corrected chi connectivity index (χ1v) is 8.89. The van der Waals surface area contributed by atoms with Crippen LogP contribution in [0, 0.1) is 30.1 Å². The van der Waals surface area contributed by atoms with Crippen LogP contribution in [-0.2, 0) is 9.53 Å². The van der Waals surface area contributed by atoms with Crippen LogP contribution in [0.15, 0.2) is 12.3 Å². The lowest BCUT2D eigenvalue weighted by Crippen LogP contribution is -2.44. The van der Waals surface area contributed by atoms with E-state index in [9.17, 15) is 10.1 Å². The largest absolute Gasteiger partial charge is 0.383 e. The molecule has 0 aliphatic carbocycles. The van der Waals surface area contributed by atoms with Crippen molar-refractivity contribution in [1.82, 2.24) is 9.88 Å². The molecular formula is C19H28N4O2. The molecular weight excluding hydrogens is 316 g/mol. The van der Waals surface area contributed by atoms with Gasteiger partial charge in [-0.3, -0.25) is 9.78 Å². The summed E-state index contributed by atoms with van der Waals surface area (Å²) in [6.45, 7) is 7.85. The van der Waals surface area contributed by atoms with Gasteiger partial charge in [-0.25, -0.2) is 0 Å². The molecule has 0 saturated carbocycles. The Balaban J connectivity index is 2.17. The molecule has 2 heterocycles. The molecule has 1 aliphatic rings. The highest BCUT2D eigenvalue weighted by Gasteiger charge is 2.32. The second kappa shape index (κ2) is 8.82. The summed E-state index contributed by atoms with van der Waals surface area (Å²) in [5.74, 6) is 0.318. The molecule has 0 radical (unpaired) electrons. The summed E-state index contributed by atoms with van der Waals surface area (Å²) >= 11 is 0. The Morgan fingerprint density at radius 1 is 1.48 bits per heavy atom. The first-order valence-electron chi connectivity index (χ1n) is 8.89. The van der Waals surface area contributed by atoms with Gasteiger partial charge in [0.05, 0.1) is 17.2 Å². The van der Waals surface area contributed by atoms with Gasteiger partial charge in [-0.2, -0.15) is 5.26 Å². The zero-order chi connectivity index (χ0) is 18.4. The van der Waals surface area contributed by atoms with Crippen molar-refractivity contribution in [3.63, 3.8) is 0 Å². The van der Waals surface area contributed by atoms with Crippen LogP contribution < -0.4 is 5.32 Å². The number of anilines is 1. The molecule has 0 bridgehead atoms. The van der Waals surface area contributed by atoms with Gasteiger partial charge in [0.1, 0.15) is 6.07 Å². The Morgan fingerprint density at radius 2 is 2.16 bits per heavy atom. The number of amides is 1. The van der Waals surface area contributed by atoms with Crippen LogP contribution in [0.2, 0.25) is 0 Å². The summed E-state index contributed by atoms with van der Waals surface area (Å²) in [7, 11) is 1.86. The number of aryl methyl sites for hydroxylation is 1. The fraction of sp³-hybridized carbons (Fsp3) is 0.632. The van der Waals surface area contributed by atoms with E-state index < -0.39 is 0 Å². The average Bonchev–Trinajstić information content (AvgIpc) is 2.62. The Kier molecular flexibility index (Phi) is 6.77. The topological polar surface area (TPSA) is 78.3 Å². The van der Waals surface area contributed by atoms with Gasteiger partial charge in [0.25, 0.3) is 0 Å². The van der Waals surface area contributed by atoms with Crippen molar-refractivity contribution in [3.8, 4) is 6.07 Å². The molecule has 25 heavy (non-hydrogen) atoms. The fourth-order valence-corrected chi connectivity index (χ4v) is 3.10. The molecule has 1 fully saturated rings. The molecule has 1 aliphatic heterocycles. The van der Waals surface area contributed by atoms with E-state index in [1.54, 1.807) is 6.20 Å². The van der Waals surface area contributed by atoms with Crippen molar-refractivity contribution >= 4 is 11.6 Å². The van der Waals surface area contributed by atoms with Gasteiger partial charge >= 0.3 is 0 Å². The minimum absolute atomic E-state index is 0.128. The maximum Gasteiger partial charge on any atom is 0.227 e. The van der Waals surface area contributed by atoms with Crippen LogP contribution >= 0.6 is 0 Å². The molecule has 6 nitrogen and oxygen atoms in total. The molecule has 1 N–H and O–H groups in total. The Bertz CT molecular complexity index is 633. The van der Waals surface area contributed by atoms with Crippen LogP contribution in [0.3, 0.4) is 0 Å².